The van der Waals surface area contributed by atoms with Gasteiger partial charge in [-0.2, -0.15) is 0 Å². The van der Waals surface area contributed by atoms with E-state index < -0.39 is 0 Å². The first-order chi connectivity index (χ1) is 10.7. The number of carbonyl (C=O) groups excluding carboxylic acids is 1. The highest BCUT2D eigenvalue weighted by Gasteiger charge is 2.61. The van der Waals surface area contributed by atoms with E-state index in [2.05, 4.69) is 33.8 Å². The average molecular weight is 316 g/mol. The zero-order valence-corrected chi connectivity index (χ0v) is 15.1. The van der Waals surface area contributed by atoms with Crippen molar-refractivity contribution in [1.29, 1.82) is 0 Å². The predicted octanol–water partition coefficient (Wildman–Crippen LogP) is 4.76. The first-order valence-electron chi connectivity index (χ1n) is 8.29. The molecule has 0 radical (unpaired) electrons. The minimum absolute atomic E-state index is 0.00329. The lowest BCUT2D eigenvalue weighted by Gasteiger charge is -2.10. The summed E-state index contributed by atoms with van der Waals surface area (Å²) in [5.74, 6) is 1.00. The van der Waals surface area contributed by atoms with E-state index in [0.29, 0.717) is 12.5 Å². The van der Waals surface area contributed by atoms with Crippen molar-refractivity contribution in [2.75, 3.05) is 0 Å². The van der Waals surface area contributed by atoms with Gasteiger partial charge < -0.3 is 9.47 Å². The molecule has 0 bridgehead atoms. The fourth-order valence-corrected chi connectivity index (χ4v) is 2.98. The minimum Gasteiger partial charge on any atom is -0.491 e. The number of hydrogen-bond acceptors (Lipinski definition) is 3. The summed E-state index contributed by atoms with van der Waals surface area (Å²) in [6.45, 7) is 12.7. The third kappa shape index (κ3) is 4.37. The molecule has 2 atom stereocenters. The van der Waals surface area contributed by atoms with Crippen LogP contribution in [0.5, 0.6) is 5.75 Å². The van der Waals surface area contributed by atoms with Crippen molar-refractivity contribution in [3.8, 4) is 5.75 Å². The third-order valence-electron chi connectivity index (χ3n) is 4.35. The highest BCUT2D eigenvalue weighted by atomic mass is 16.5. The zero-order valence-electron chi connectivity index (χ0n) is 15.1. The van der Waals surface area contributed by atoms with Crippen molar-refractivity contribution < 1.29 is 14.3 Å². The van der Waals surface area contributed by atoms with Gasteiger partial charge in [-0.3, -0.25) is 4.79 Å². The minimum atomic E-state index is -0.0972. The van der Waals surface area contributed by atoms with Gasteiger partial charge in [-0.15, -0.1) is 0 Å². The Morgan fingerprint density at radius 1 is 1.22 bits per heavy atom. The number of benzene rings is 1. The maximum Gasteiger partial charge on any atom is 0.310 e. The van der Waals surface area contributed by atoms with Crippen molar-refractivity contribution in [1.82, 2.24) is 0 Å². The molecule has 3 heteroatoms. The van der Waals surface area contributed by atoms with Gasteiger partial charge in [0.1, 0.15) is 12.4 Å². The molecule has 1 aliphatic rings. The van der Waals surface area contributed by atoms with Gasteiger partial charge in [-0.25, -0.2) is 0 Å². The van der Waals surface area contributed by atoms with E-state index in [4.69, 9.17) is 9.47 Å². The summed E-state index contributed by atoms with van der Waals surface area (Å²) < 4.78 is 11.1. The Bertz CT molecular complexity index is 577. The molecular weight excluding hydrogens is 288 g/mol. The standard InChI is InChI=1S/C20H28O3/c1-13(2)11-17-18(20(17,5)6)19(21)22-12-15-7-9-16(10-8-15)23-14(3)4/h7-11,14,17-18H,12H2,1-6H3/t17-,18+/m1/s1. The summed E-state index contributed by atoms with van der Waals surface area (Å²) in [7, 11) is 0. The van der Waals surface area contributed by atoms with Gasteiger partial charge in [0.15, 0.2) is 0 Å². The van der Waals surface area contributed by atoms with Gasteiger partial charge in [-0.05, 0) is 56.7 Å². The van der Waals surface area contributed by atoms with E-state index in [9.17, 15) is 4.79 Å². The molecule has 2 rings (SSSR count). The smallest absolute Gasteiger partial charge is 0.310 e. The maximum absolute atomic E-state index is 12.3. The molecule has 0 aromatic heterocycles. The lowest BCUT2D eigenvalue weighted by Crippen LogP contribution is -2.10. The Morgan fingerprint density at radius 2 is 1.83 bits per heavy atom. The summed E-state index contributed by atoms with van der Waals surface area (Å²) in [6, 6.07) is 7.71. The number of ether oxygens (including phenoxy) is 2. The number of hydrogen-bond donors (Lipinski definition) is 0. The molecule has 0 amide bonds. The van der Waals surface area contributed by atoms with Crippen LogP contribution in [0.3, 0.4) is 0 Å². The molecular formula is C20H28O3. The molecule has 0 N–H and O–H groups in total. The molecule has 3 nitrogen and oxygen atoms in total. The number of carbonyl (C=O) groups is 1. The second-order valence-corrected chi connectivity index (χ2v) is 7.49. The SMILES string of the molecule is CC(C)=C[C@@H]1[C@@H](C(=O)OCc2ccc(OC(C)C)cc2)C1(C)C. The van der Waals surface area contributed by atoms with Crippen LogP contribution >= 0.6 is 0 Å². The normalized spacial score (nSPS) is 21.7. The third-order valence-corrected chi connectivity index (χ3v) is 4.35. The van der Waals surface area contributed by atoms with Crippen LogP contribution in [0.2, 0.25) is 0 Å². The van der Waals surface area contributed by atoms with E-state index in [1.807, 2.05) is 38.1 Å². The second-order valence-electron chi connectivity index (χ2n) is 7.49. The Kier molecular flexibility index (Phi) is 5.18. The summed E-state index contributed by atoms with van der Waals surface area (Å²) >= 11 is 0. The Labute approximate surface area is 139 Å². The van der Waals surface area contributed by atoms with Gasteiger partial charge in [0.2, 0.25) is 0 Å². The van der Waals surface area contributed by atoms with Crippen molar-refractivity contribution >= 4 is 5.97 Å². The van der Waals surface area contributed by atoms with E-state index in [-0.39, 0.29) is 23.4 Å². The summed E-state index contributed by atoms with van der Waals surface area (Å²) in [5, 5.41) is 0. The van der Waals surface area contributed by atoms with Crippen molar-refractivity contribution in [3.63, 3.8) is 0 Å². The highest BCUT2D eigenvalue weighted by Crippen LogP contribution is 2.59. The molecule has 1 saturated carbocycles. The van der Waals surface area contributed by atoms with Crippen LogP contribution in [0.15, 0.2) is 35.9 Å². The molecule has 0 spiro atoms. The molecule has 1 fully saturated rings. The molecule has 0 unspecified atom stereocenters. The van der Waals surface area contributed by atoms with Gasteiger partial charge in [0, 0.05) is 0 Å². The number of esters is 1. The van der Waals surface area contributed by atoms with Crippen LogP contribution in [0.25, 0.3) is 0 Å². The van der Waals surface area contributed by atoms with Crippen LogP contribution in [0.1, 0.15) is 47.1 Å². The second kappa shape index (κ2) is 6.77. The number of rotatable bonds is 6. The van der Waals surface area contributed by atoms with E-state index in [1.165, 1.54) is 5.57 Å². The Morgan fingerprint density at radius 3 is 2.35 bits per heavy atom. The van der Waals surface area contributed by atoms with E-state index >= 15 is 0 Å². The molecule has 1 aromatic rings. The van der Waals surface area contributed by atoms with Crippen molar-refractivity contribution in [3.05, 3.63) is 41.5 Å². The molecule has 0 saturated heterocycles. The van der Waals surface area contributed by atoms with Gasteiger partial charge in [-0.1, -0.05) is 37.6 Å². The number of allylic oxidation sites excluding steroid dienone is 2. The Hall–Kier alpha value is -1.77. The van der Waals surface area contributed by atoms with Crippen LogP contribution < -0.4 is 4.74 Å². The van der Waals surface area contributed by atoms with Crippen LogP contribution in [-0.4, -0.2) is 12.1 Å². The van der Waals surface area contributed by atoms with Gasteiger partial charge >= 0.3 is 5.97 Å². The zero-order chi connectivity index (χ0) is 17.2. The quantitative estimate of drug-likeness (QED) is 0.561. The van der Waals surface area contributed by atoms with Crippen LogP contribution in [-0.2, 0) is 16.1 Å². The van der Waals surface area contributed by atoms with Crippen molar-refractivity contribution in [2.24, 2.45) is 17.3 Å². The fourth-order valence-electron chi connectivity index (χ4n) is 2.98. The summed E-state index contributed by atoms with van der Waals surface area (Å²) in [6.07, 6.45) is 2.34. The topological polar surface area (TPSA) is 35.5 Å². The van der Waals surface area contributed by atoms with Gasteiger partial charge in [0.25, 0.3) is 0 Å². The van der Waals surface area contributed by atoms with Crippen molar-refractivity contribution in [2.45, 2.75) is 54.3 Å². The highest BCUT2D eigenvalue weighted by molar-refractivity contribution is 5.78. The largest absolute Gasteiger partial charge is 0.491 e. The van der Waals surface area contributed by atoms with Crippen LogP contribution in [0.4, 0.5) is 0 Å². The molecule has 1 aliphatic carbocycles. The Balaban J connectivity index is 1.89. The molecule has 126 valence electrons. The van der Waals surface area contributed by atoms with E-state index in [0.717, 1.165) is 11.3 Å². The first kappa shape index (κ1) is 17.6. The summed E-state index contributed by atoms with van der Waals surface area (Å²) in [4.78, 5) is 12.3. The molecule has 1 aromatic carbocycles. The molecule has 23 heavy (non-hydrogen) atoms. The monoisotopic (exact) mass is 316 g/mol. The lowest BCUT2D eigenvalue weighted by molar-refractivity contribution is -0.147. The lowest BCUT2D eigenvalue weighted by atomic mass is 10.1. The fraction of sp³-hybridized carbons (Fsp3) is 0.550. The van der Waals surface area contributed by atoms with Crippen LogP contribution in [0, 0.1) is 17.3 Å². The van der Waals surface area contributed by atoms with E-state index in [1.54, 1.807) is 0 Å². The average Bonchev–Trinajstić information content (AvgIpc) is 2.97. The summed E-state index contributed by atoms with van der Waals surface area (Å²) in [5.41, 5.74) is 2.23. The predicted molar refractivity (Wildman–Crippen MR) is 92.2 cm³/mol. The van der Waals surface area contributed by atoms with Gasteiger partial charge in [0.05, 0.1) is 12.0 Å². The first-order valence-corrected chi connectivity index (χ1v) is 8.29. The molecule has 0 aliphatic heterocycles. The molecule has 0 heterocycles. The maximum atomic E-state index is 12.3.